The first-order valence-electron chi connectivity index (χ1n) is 7.06. The van der Waals surface area contributed by atoms with E-state index in [1.54, 1.807) is 7.05 Å². The fourth-order valence-electron chi connectivity index (χ4n) is 1.73. The number of aromatic nitrogens is 3. The molecule has 0 aliphatic rings. The van der Waals surface area contributed by atoms with E-state index in [0.29, 0.717) is 32.9 Å². The molecule has 0 aliphatic heterocycles. The Balaban J connectivity index is 2.20. The lowest BCUT2D eigenvalue weighted by molar-refractivity contribution is 0.622. The highest BCUT2D eigenvalue weighted by molar-refractivity contribution is 7.98. The number of nitrogens with zero attached hydrogens (tertiary/aromatic N) is 3. The maximum atomic E-state index is 6.20. The average molecular weight is 372 g/mol. The SMILES string of the molecule is CNc1nc(NC(C)(C)C)nc(SCc2c(Cl)cccc2Cl)n1. The summed E-state index contributed by atoms with van der Waals surface area (Å²) in [6, 6.07) is 5.47. The van der Waals surface area contributed by atoms with Crippen LogP contribution in [0.3, 0.4) is 0 Å². The van der Waals surface area contributed by atoms with Gasteiger partial charge in [-0.2, -0.15) is 15.0 Å². The van der Waals surface area contributed by atoms with Crippen molar-refractivity contribution in [2.75, 3.05) is 17.7 Å². The van der Waals surface area contributed by atoms with E-state index in [-0.39, 0.29) is 5.54 Å². The second kappa shape index (κ2) is 7.55. The molecule has 2 N–H and O–H groups in total. The summed E-state index contributed by atoms with van der Waals surface area (Å²) in [6.07, 6.45) is 0. The van der Waals surface area contributed by atoms with E-state index in [4.69, 9.17) is 23.2 Å². The minimum absolute atomic E-state index is 0.139. The Bertz CT molecular complexity index is 668. The van der Waals surface area contributed by atoms with Gasteiger partial charge in [-0.3, -0.25) is 0 Å². The standard InChI is InChI=1S/C15H19Cl2N5S/c1-15(2,3)22-13-19-12(18-4)20-14(21-13)23-8-9-10(16)6-5-7-11(9)17/h5-7H,8H2,1-4H3,(H2,18,19,20,21,22). The Hall–Kier alpha value is -1.24. The highest BCUT2D eigenvalue weighted by atomic mass is 35.5. The molecule has 2 rings (SSSR count). The first-order chi connectivity index (χ1) is 10.8. The molecule has 0 unspecified atom stereocenters. The highest BCUT2D eigenvalue weighted by Crippen LogP contribution is 2.30. The third-order valence-corrected chi connectivity index (χ3v) is 4.31. The summed E-state index contributed by atoms with van der Waals surface area (Å²) in [5.41, 5.74) is 0.734. The van der Waals surface area contributed by atoms with Crippen molar-refractivity contribution in [2.24, 2.45) is 0 Å². The first kappa shape index (κ1) is 18.1. The first-order valence-corrected chi connectivity index (χ1v) is 8.80. The van der Waals surface area contributed by atoms with E-state index in [9.17, 15) is 0 Å². The summed E-state index contributed by atoms with van der Waals surface area (Å²) in [6.45, 7) is 6.14. The van der Waals surface area contributed by atoms with E-state index in [1.165, 1.54) is 11.8 Å². The topological polar surface area (TPSA) is 62.7 Å². The van der Waals surface area contributed by atoms with Crippen molar-refractivity contribution in [2.45, 2.75) is 37.2 Å². The van der Waals surface area contributed by atoms with Gasteiger partial charge in [0.25, 0.3) is 0 Å². The summed E-state index contributed by atoms with van der Waals surface area (Å²) >= 11 is 13.9. The second-order valence-electron chi connectivity index (χ2n) is 5.88. The van der Waals surface area contributed by atoms with Crippen molar-refractivity contribution in [1.29, 1.82) is 0 Å². The van der Waals surface area contributed by atoms with Crippen LogP contribution in [-0.4, -0.2) is 27.5 Å². The number of thioether (sulfide) groups is 1. The van der Waals surface area contributed by atoms with Crippen LogP contribution >= 0.6 is 35.0 Å². The number of hydrogen-bond donors (Lipinski definition) is 2. The molecule has 2 aromatic rings. The van der Waals surface area contributed by atoms with Crippen LogP contribution in [0.25, 0.3) is 0 Å². The molecule has 1 aromatic carbocycles. The summed E-state index contributed by atoms with van der Waals surface area (Å²) in [5, 5.41) is 8.08. The molecule has 0 atom stereocenters. The zero-order chi connectivity index (χ0) is 17.0. The molecule has 1 heterocycles. The summed E-state index contributed by atoms with van der Waals surface area (Å²) in [4.78, 5) is 13.1. The molecule has 0 bridgehead atoms. The number of rotatable bonds is 5. The largest absolute Gasteiger partial charge is 0.357 e. The van der Waals surface area contributed by atoms with Crippen LogP contribution in [0.5, 0.6) is 0 Å². The van der Waals surface area contributed by atoms with Crippen molar-refractivity contribution in [3.8, 4) is 0 Å². The van der Waals surface area contributed by atoms with E-state index >= 15 is 0 Å². The van der Waals surface area contributed by atoms with Gasteiger partial charge in [-0.1, -0.05) is 41.0 Å². The summed E-state index contributed by atoms with van der Waals surface area (Å²) in [7, 11) is 1.77. The third kappa shape index (κ3) is 5.41. The molecule has 0 amide bonds. The monoisotopic (exact) mass is 371 g/mol. The Morgan fingerprint density at radius 2 is 1.65 bits per heavy atom. The molecule has 124 valence electrons. The van der Waals surface area contributed by atoms with E-state index in [2.05, 4.69) is 25.6 Å². The van der Waals surface area contributed by atoms with Gasteiger partial charge in [0.05, 0.1) is 0 Å². The zero-order valence-electron chi connectivity index (χ0n) is 13.4. The lowest BCUT2D eigenvalue weighted by Crippen LogP contribution is -2.27. The molecule has 0 aliphatic carbocycles. The van der Waals surface area contributed by atoms with Crippen LogP contribution < -0.4 is 10.6 Å². The van der Waals surface area contributed by atoms with Crippen molar-refractivity contribution in [1.82, 2.24) is 15.0 Å². The predicted molar refractivity (Wildman–Crippen MR) is 98.8 cm³/mol. The van der Waals surface area contributed by atoms with Crippen LogP contribution in [0.2, 0.25) is 10.0 Å². The van der Waals surface area contributed by atoms with E-state index < -0.39 is 0 Å². The van der Waals surface area contributed by atoms with Gasteiger partial charge in [0.2, 0.25) is 11.9 Å². The second-order valence-corrected chi connectivity index (χ2v) is 7.64. The van der Waals surface area contributed by atoms with Crippen LogP contribution in [-0.2, 0) is 5.75 Å². The lowest BCUT2D eigenvalue weighted by atomic mass is 10.1. The number of hydrogen-bond acceptors (Lipinski definition) is 6. The van der Waals surface area contributed by atoms with Crippen molar-refractivity contribution >= 4 is 46.9 Å². The zero-order valence-corrected chi connectivity index (χ0v) is 15.8. The van der Waals surface area contributed by atoms with Gasteiger partial charge in [-0.15, -0.1) is 0 Å². The van der Waals surface area contributed by atoms with E-state index in [1.807, 2.05) is 39.0 Å². The Labute approximate surface area is 150 Å². The van der Waals surface area contributed by atoms with Crippen LogP contribution in [0.15, 0.2) is 23.4 Å². The Morgan fingerprint density at radius 3 is 2.22 bits per heavy atom. The van der Waals surface area contributed by atoms with Crippen LogP contribution in [0.4, 0.5) is 11.9 Å². The molecular formula is C15H19Cl2N5S. The summed E-state index contributed by atoms with van der Waals surface area (Å²) < 4.78 is 0. The van der Waals surface area contributed by atoms with Gasteiger partial charge in [0, 0.05) is 28.4 Å². The number of nitrogens with one attached hydrogen (secondary N) is 2. The fourth-order valence-corrected chi connectivity index (χ4v) is 3.31. The highest BCUT2D eigenvalue weighted by Gasteiger charge is 2.14. The molecule has 23 heavy (non-hydrogen) atoms. The number of anilines is 2. The van der Waals surface area contributed by atoms with Gasteiger partial charge >= 0.3 is 0 Å². The quantitative estimate of drug-likeness (QED) is 0.741. The molecule has 0 saturated carbocycles. The maximum Gasteiger partial charge on any atom is 0.228 e. The van der Waals surface area contributed by atoms with Crippen LogP contribution in [0, 0.1) is 0 Å². The molecule has 0 saturated heterocycles. The van der Waals surface area contributed by atoms with Crippen molar-refractivity contribution in [3.63, 3.8) is 0 Å². The number of halogens is 2. The van der Waals surface area contributed by atoms with Gasteiger partial charge in [-0.05, 0) is 38.5 Å². The van der Waals surface area contributed by atoms with Gasteiger partial charge in [-0.25, -0.2) is 0 Å². The fraction of sp³-hybridized carbons (Fsp3) is 0.400. The van der Waals surface area contributed by atoms with Gasteiger partial charge < -0.3 is 10.6 Å². The lowest BCUT2D eigenvalue weighted by Gasteiger charge is -2.20. The van der Waals surface area contributed by atoms with Crippen molar-refractivity contribution in [3.05, 3.63) is 33.8 Å². The minimum Gasteiger partial charge on any atom is -0.357 e. The van der Waals surface area contributed by atoms with E-state index in [0.717, 1.165) is 5.56 Å². The molecule has 0 radical (unpaired) electrons. The maximum absolute atomic E-state index is 6.20. The minimum atomic E-state index is -0.139. The third-order valence-electron chi connectivity index (χ3n) is 2.73. The molecular weight excluding hydrogens is 353 g/mol. The van der Waals surface area contributed by atoms with Gasteiger partial charge in [0.15, 0.2) is 5.16 Å². The molecule has 8 heteroatoms. The summed E-state index contributed by atoms with van der Waals surface area (Å²) in [5.74, 6) is 1.63. The Morgan fingerprint density at radius 1 is 1.04 bits per heavy atom. The predicted octanol–water partition coefficient (Wildman–Crippen LogP) is 4.72. The smallest absolute Gasteiger partial charge is 0.228 e. The number of benzene rings is 1. The van der Waals surface area contributed by atoms with Gasteiger partial charge in [0.1, 0.15) is 0 Å². The van der Waals surface area contributed by atoms with Crippen molar-refractivity contribution < 1.29 is 0 Å². The molecule has 0 fully saturated rings. The molecule has 1 aromatic heterocycles. The molecule has 0 spiro atoms. The normalized spacial score (nSPS) is 11.4. The van der Waals surface area contributed by atoms with Crippen LogP contribution in [0.1, 0.15) is 26.3 Å². The average Bonchev–Trinajstić information content (AvgIpc) is 2.44. The Kier molecular flexibility index (Phi) is 5.95. The molecule has 5 nitrogen and oxygen atoms in total.